The maximum absolute atomic E-state index is 12.0. The van der Waals surface area contributed by atoms with E-state index in [0.29, 0.717) is 5.41 Å². The maximum Gasteiger partial charge on any atom is 0.334 e. The number of hydrogen-bond donors (Lipinski definition) is 0. The molecule has 0 atom stereocenters. The number of methoxy groups -OCH3 is 1. The Balaban J connectivity index is 2.00. The van der Waals surface area contributed by atoms with E-state index in [0.717, 1.165) is 35.4 Å². The molecular weight excluding hydrogens is 272 g/mol. The zero-order chi connectivity index (χ0) is 14.2. The SMILES string of the molecule is COC(=O)C1=C(c2ccc(Cl)cc2)CC2(CCC2)CC1. The van der Waals surface area contributed by atoms with E-state index in [1.54, 1.807) is 0 Å². The van der Waals surface area contributed by atoms with Crippen LogP contribution in [-0.2, 0) is 9.53 Å². The van der Waals surface area contributed by atoms with Gasteiger partial charge in [0.1, 0.15) is 0 Å². The van der Waals surface area contributed by atoms with Crippen molar-refractivity contribution in [3.05, 3.63) is 40.4 Å². The summed E-state index contributed by atoms with van der Waals surface area (Å²) in [6.07, 6.45) is 6.86. The fourth-order valence-corrected chi connectivity index (χ4v) is 3.62. The second-order valence-corrected chi connectivity index (χ2v) is 6.42. The normalized spacial score (nSPS) is 20.7. The van der Waals surface area contributed by atoms with Crippen LogP contribution >= 0.6 is 11.6 Å². The number of ether oxygens (including phenoxy) is 1. The highest BCUT2D eigenvalue weighted by molar-refractivity contribution is 6.30. The lowest BCUT2D eigenvalue weighted by Gasteiger charge is -2.46. The zero-order valence-corrected chi connectivity index (χ0v) is 12.5. The maximum atomic E-state index is 12.0. The molecule has 0 saturated heterocycles. The molecular formula is C17H19ClO2. The van der Waals surface area contributed by atoms with Crippen molar-refractivity contribution in [3.8, 4) is 0 Å². The highest BCUT2D eigenvalue weighted by Gasteiger charge is 2.41. The van der Waals surface area contributed by atoms with Gasteiger partial charge in [0, 0.05) is 10.6 Å². The summed E-state index contributed by atoms with van der Waals surface area (Å²) in [5.74, 6) is -0.177. The van der Waals surface area contributed by atoms with Gasteiger partial charge >= 0.3 is 5.97 Å². The van der Waals surface area contributed by atoms with Gasteiger partial charge in [0.25, 0.3) is 0 Å². The smallest absolute Gasteiger partial charge is 0.334 e. The van der Waals surface area contributed by atoms with E-state index >= 15 is 0 Å². The molecule has 1 saturated carbocycles. The predicted molar refractivity (Wildman–Crippen MR) is 80.5 cm³/mol. The number of halogens is 1. The van der Waals surface area contributed by atoms with Crippen LogP contribution < -0.4 is 0 Å². The van der Waals surface area contributed by atoms with E-state index < -0.39 is 0 Å². The first-order chi connectivity index (χ1) is 9.63. The monoisotopic (exact) mass is 290 g/mol. The Morgan fingerprint density at radius 3 is 2.45 bits per heavy atom. The Morgan fingerprint density at radius 2 is 1.90 bits per heavy atom. The second kappa shape index (κ2) is 5.25. The predicted octanol–water partition coefficient (Wildman–Crippen LogP) is 4.62. The Kier molecular flexibility index (Phi) is 3.59. The van der Waals surface area contributed by atoms with Crippen molar-refractivity contribution < 1.29 is 9.53 Å². The fraction of sp³-hybridized carbons (Fsp3) is 0.471. The van der Waals surface area contributed by atoms with Crippen LogP contribution in [0.1, 0.15) is 44.1 Å². The molecule has 0 N–H and O–H groups in total. The number of hydrogen-bond acceptors (Lipinski definition) is 2. The molecule has 2 aliphatic rings. The number of benzene rings is 1. The molecule has 20 heavy (non-hydrogen) atoms. The molecule has 1 aromatic rings. The zero-order valence-electron chi connectivity index (χ0n) is 11.7. The Labute approximate surface area is 124 Å². The van der Waals surface area contributed by atoms with Crippen molar-refractivity contribution in [1.29, 1.82) is 0 Å². The molecule has 1 spiro atoms. The van der Waals surface area contributed by atoms with E-state index in [1.165, 1.54) is 31.9 Å². The summed E-state index contributed by atoms with van der Waals surface area (Å²) in [6, 6.07) is 7.80. The van der Waals surface area contributed by atoms with Gasteiger partial charge in [-0.3, -0.25) is 0 Å². The van der Waals surface area contributed by atoms with Gasteiger partial charge < -0.3 is 4.74 Å². The first-order valence-corrected chi connectivity index (χ1v) is 7.58. The third-order valence-electron chi connectivity index (χ3n) is 4.86. The largest absolute Gasteiger partial charge is 0.466 e. The fourth-order valence-electron chi connectivity index (χ4n) is 3.49. The Bertz CT molecular complexity index is 553. The van der Waals surface area contributed by atoms with E-state index in [-0.39, 0.29) is 5.97 Å². The van der Waals surface area contributed by atoms with Crippen molar-refractivity contribution in [1.82, 2.24) is 0 Å². The van der Waals surface area contributed by atoms with Crippen molar-refractivity contribution in [2.45, 2.75) is 38.5 Å². The molecule has 2 nitrogen and oxygen atoms in total. The van der Waals surface area contributed by atoms with Crippen LogP contribution in [-0.4, -0.2) is 13.1 Å². The summed E-state index contributed by atoms with van der Waals surface area (Å²) in [6.45, 7) is 0. The lowest BCUT2D eigenvalue weighted by Crippen LogP contribution is -2.33. The molecule has 1 aromatic carbocycles. The molecule has 0 unspecified atom stereocenters. The van der Waals surface area contributed by atoms with Crippen LogP contribution in [0.2, 0.25) is 5.02 Å². The van der Waals surface area contributed by atoms with Gasteiger partial charge in [-0.05, 0) is 60.8 Å². The van der Waals surface area contributed by atoms with Gasteiger partial charge in [0.05, 0.1) is 7.11 Å². The van der Waals surface area contributed by atoms with Gasteiger partial charge in [-0.25, -0.2) is 4.79 Å². The molecule has 0 aromatic heterocycles. The number of allylic oxidation sites excluding steroid dienone is 1. The number of esters is 1. The summed E-state index contributed by atoms with van der Waals surface area (Å²) in [5.41, 5.74) is 3.57. The topological polar surface area (TPSA) is 26.3 Å². The Hall–Kier alpha value is -1.28. The minimum atomic E-state index is -0.177. The second-order valence-electron chi connectivity index (χ2n) is 5.99. The van der Waals surface area contributed by atoms with Crippen LogP contribution in [0.15, 0.2) is 29.8 Å². The van der Waals surface area contributed by atoms with Gasteiger partial charge in [0.15, 0.2) is 0 Å². The van der Waals surface area contributed by atoms with Crippen molar-refractivity contribution in [3.63, 3.8) is 0 Å². The van der Waals surface area contributed by atoms with E-state index in [1.807, 2.05) is 24.3 Å². The third kappa shape index (κ3) is 2.37. The van der Waals surface area contributed by atoms with E-state index in [2.05, 4.69) is 0 Å². The average Bonchev–Trinajstić information content (AvgIpc) is 2.45. The standard InChI is InChI=1S/C17H19ClO2/c1-20-16(19)14-7-10-17(8-2-9-17)11-15(14)12-3-5-13(18)6-4-12/h3-6H,2,7-11H2,1H3. The quantitative estimate of drug-likeness (QED) is 0.743. The van der Waals surface area contributed by atoms with Crippen molar-refractivity contribution >= 4 is 23.1 Å². The highest BCUT2D eigenvalue weighted by atomic mass is 35.5. The van der Waals surface area contributed by atoms with Crippen LogP contribution in [0.4, 0.5) is 0 Å². The summed E-state index contributed by atoms with van der Waals surface area (Å²) < 4.78 is 4.96. The minimum absolute atomic E-state index is 0.177. The molecule has 106 valence electrons. The van der Waals surface area contributed by atoms with Crippen LogP contribution in [0.25, 0.3) is 5.57 Å². The molecule has 0 bridgehead atoms. The van der Waals surface area contributed by atoms with Crippen molar-refractivity contribution in [2.24, 2.45) is 5.41 Å². The third-order valence-corrected chi connectivity index (χ3v) is 5.11. The summed E-state index contributed by atoms with van der Waals surface area (Å²) in [7, 11) is 1.46. The van der Waals surface area contributed by atoms with Crippen molar-refractivity contribution in [2.75, 3.05) is 7.11 Å². The number of carbonyl (C=O) groups is 1. The van der Waals surface area contributed by atoms with E-state index in [4.69, 9.17) is 16.3 Å². The molecule has 0 amide bonds. The molecule has 0 radical (unpaired) electrons. The lowest BCUT2D eigenvalue weighted by atomic mass is 9.59. The first kappa shape index (κ1) is 13.7. The molecule has 2 aliphatic carbocycles. The Morgan fingerprint density at radius 1 is 1.20 bits per heavy atom. The van der Waals surface area contributed by atoms with Gasteiger partial charge in [-0.1, -0.05) is 30.2 Å². The molecule has 3 rings (SSSR count). The van der Waals surface area contributed by atoms with E-state index in [9.17, 15) is 4.79 Å². The van der Waals surface area contributed by atoms with Crippen LogP contribution in [0, 0.1) is 5.41 Å². The molecule has 3 heteroatoms. The average molecular weight is 291 g/mol. The number of carbonyl (C=O) groups excluding carboxylic acids is 1. The van der Waals surface area contributed by atoms with Gasteiger partial charge in [0.2, 0.25) is 0 Å². The summed E-state index contributed by atoms with van der Waals surface area (Å²) >= 11 is 5.96. The highest BCUT2D eigenvalue weighted by Crippen LogP contribution is 2.55. The lowest BCUT2D eigenvalue weighted by molar-refractivity contribution is -0.136. The van der Waals surface area contributed by atoms with Gasteiger partial charge in [-0.2, -0.15) is 0 Å². The summed E-state index contributed by atoms with van der Waals surface area (Å²) in [5, 5.41) is 0.725. The van der Waals surface area contributed by atoms with Crippen LogP contribution in [0.5, 0.6) is 0 Å². The first-order valence-electron chi connectivity index (χ1n) is 7.20. The van der Waals surface area contributed by atoms with Gasteiger partial charge in [-0.15, -0.1) is 0 Å². The molecule has 0 heterocycles. The number of rotatable bonds is 2. The van der Waals surface area contributed by atoms with Crippen LogP contribution in [0.3, 0.4) is 0 Å². The summed E-state index contributed by atoms with van der Waals surface area (Å²) in [4.78, 5) is 12.0. The minimum Gasteiger partial charge on any atom is -0.466 e. The molecule has 0 aliphatic heterocycles. The molecule has 1 fully saturated rings.